The van der Waals surface area contributed by atoms with Gasteiger partial charge in [-0.15, -0.1) is 11.3 Å². The van der Waals surface area contributed by atoms with E-state index in [0.29, 0.717) is 29.3 Å². The quantitative estimate of drug-likeness (QED) is 0.886. The first kappa shape index (κ1) is 17.3. The molecule has 1 amide bonds. The van der Waals surface area contributed by atoms with Gasteiger partial charge < -0.3 is 19.5 Å². The number of benzene rings is 1. The fourth-order valence-electron chi connectivity index (χ4n) is 3.20. The van der Waals surface area contributed by atoms with E-state index in [4.69, 9.17) is 9.47 Å². The number of thiophene rings is 1. The van der Waals surface area contributed by atoms with Gasteiger partial charge in [-0.2, -0.15) is 0 Å². The van der Waals surface area contributed by atoms with Crippen molar-refractivity contribution in [2.45, 2.75) is 18.9 Å². The number of amides is 1. The van der Waals surface area contributed by atoms with E-state index in [0.717, 1.165) is 11.1 Å². The van der Waals surface area contributed by atoms with Crippen molar-refractivity contribution in [1.82, 2.24) is 4.90 Å². The molecule has 0 fully saturated rings. The molecule has 1 atom stereocenters. The summed E-state index contributed by atoms with van der Waals surface area (Å²) in [5.74, 6) is 0.0497. The predicted octanol–water partition coefficient (Wildman–Crippen LogP) is 2.98. The number of carboxylic acids is 1. The minimum Gasteiger partial charge on any atom is -0.493 e. The summed E-state index contributed by atoms with van der Waals surface area (Å²) in [7, 11) is 3.10. The minimum atomic E-state index is -0.948. The second kappa shape index (κ2) is 7.14. The Morgan fingerprint density at radius 2 is 2.00 bits per heavy atom. The summed E-state index contributed by atoms with van der Waals surface area (Å²) in [5.41, 5.74) is 1.79. The van der Waals surface area contributed by atoms with Crippen LogP contribution in [0.5, 0.6) is 11.5 Å². The lowest BCUT2D eigenvalue weighted by Gasteiger charge is -2.37. The maximum atomic E-state index is 12.8. The van der Waals surface area contributed by atoms with E-state index in [1.54, 1.807) is 24.1 Å². The van der Waals surface area contributed by atoms with Gasteiger partial charge in [0.2, 0.25) is 0 Å². The average Bonchev–Trinajstić information content (AvgIpc) is 3.14. The van der Waals surface area contributed by atoms with E-state index in [9.17, 15) is 14.7 Å². The van der Waals surface area contributed by atoms with Crippen LogP contribution in [0.1, 0.15) is 33.3 Å². The molecule has 6 nitrogen and oxygen atoms in total. The first-order valence-electron chi connectivity index (χ1n) is 7.86. The molecule has 0 aliphatic carbocycles. The Kier molecular flexibility index (Phi) is 4.94. The third kappa shape index (κ3) is 3.32. The molecule has 1 N–H and O–H groups in total. The summed E-state index contributed by atoms with van der Waals surface area (Å²) >= 11 is 1.36. The van der Waals surface area contributed by atoms with Crippen molar-refractivity contribution in [3.63, 3.8) is 0 Å². The summed E-state index contributed by atoms with van der Waals surface area (Å²) in [6, 6.07) is 6.70. The number of carbonyl (C=O) groups excluding carboxylic acids is 1. The van der Waals surface area contributed by atoms with Gasteiger partial charge in [-0.05, 0) is 41.1 Å². The number of hydrogen-bond donors (Lipinski definition) is 1. The van der Waals surface area contributed by atoms with E-state index in [1.807, 2.05) is 17.5 Å². The molecule has 0 saturated carbocycles. The molecule has 0 radical (unpaired) electrons. The molecule has 1 aromatic heterocycles. The van der Waals surface area contributed by atoms with Gasteiger partial charge in [-0.3, -0.25) is 9.59 Å². The molecule has 7 heteroatoms. The average molecular weight is 361 g/mol. The lowest BCUT2D eigenvalue weighted by Crippen LogP contribution is -2.40. The van der Waals surface area contributed by atoms with Crippen molar-refractivity contribution < 1.29 is 24.2 Å². The Morgan fingerprint density at radius 1 is 1.28 bits per heavy atom. The van der Waals surface area contributed by atoms with Gasteiger partial charge in [0, 0.05) is 6.54 Å². The topological polar surface area (TPSA) is 76.1 Å². The highest BCUT2D eigenvalue weighted by Crippen LogP contribution is 2.40. The maximum Gasteiger partial charge on any atom is 0.305 e. The van der Waals surface area contributed by atoms with Crippen LogP contribution in [0.25, 0.3) is 0 Å². The highest BCUT2D eigenvalue weighted by Gasteiger charge is 2.34. The van der Waals surface area contributed by atoms with Crippen LogP contribution in [0.2, 0.25) is 0 Å². The lowest BCUT2D eigenvalue weighted by atomic mass is 9.90. The molecule has 0 saturated heterocycles. The third-order valence-corrected chi connectivity index (χ3v) is 5.22. The first-order chi connectivity index (χ1) is 12.0. The van der Waals surface area contributed by atoms with Gasteiger partial charge in [0.25, 0.3) is 5.91 Å². The second-order valence-corrected chi connectivity index (χ2v) is 6.69. The van der Waals surface area contributed by atoms with E-state index in [-0.39, 0.29) is 12.3 Å². The van der Waals surface area contributed by atoms with E-state index < -0.39 is 12.0 Å². The molecule has 2 aromatic rings. The number of fused-ring (bicyclic) bond motifs is 1. The number of carboxylic acid groups (broad SMARTS) is 1. The Hall–Kier alpha value is -2.54. The monoisotopic (exact) mass is 361 g/mol. The SMILES string of the molecule is COc1cc2c(cc1OC)[C@@H](CC(=O)O)N(C(=O)c1cccs1)CC2. The highest BCUT2D eigenvalue weighted by molar-refractivity contribution is 7.12. The third-order valence-electron chi connectivity index (χ3n) is 4.36. The molecule has 1 aromatic carbocycles. The van der Waals surface area contributed by atoms with Crippen molar-refractivity contribution in [3.05, 3.63) is 45.6 Å². The Labute approximate surface area is 149 Å². The predicted molar refractivity (Wildman–Crippen MR) is 93.6 cm³/mol. The highest BCUT2D eigenvalue weighted by atomic mass is 32.1. The lowest BCUT2D eigenvalue weighted by molar-refractivity contribution is -0.138. The van der Waals surface area contributed by atoms with Crippen molar-refractivity contribution in [1.29, 1.82) is 0 Å². The van der Waals surface area contributed by atoms with Gasteiger partial charge in [0.05, 0.1) is 31.6 Å². The zero-order valence-electron chi connectivity index (χ0n) is 14.0. The summed E-state index contributed by atoms with van der Waals surface area (Å²) in [4.78, 5) is 26.5. The Balaban J connectivity index is 2.04. The molecule has 2 heterocycles. The largest absolute Gasteiger partial charge is 0.493 e. The van der Waals surface area contributed by atoms with Crippen LogP contribution in [0, 0.1) is 0 Å². The van der Waals surface area contributed by atoms with Crippen LogP contribution in [-0.4, -0.2) is 42.6 Å². The molecule has 0 spiro atoms. The minimum absolute atomic E-state index is 0.137. The van der Waals surface area contributed by atoms with Crippen LogP contribution >= 0.6 is 11.3 Å². The molecule has 0 unspecified atom stereocenters. The number of methoxy groups -OCH3 is 2. The molecule has 25 heavy (non-hydrogen) atoms. The smallest absolute Gasteiger partial charge is 0.305 e. The van der Waals surface area contributed by atoms with Crippen molar-refractivity contribution in [2.24, 2.45) is 0 Å². The van der Waals surface area contributed by atoms with Crippen LogP contribution in [0.15, 0.2) is 29.6 Å². The van der Waals surface area contributed by atoms with Gasteiger partial charge >= 0.3 is 5.97 Å². The van der Waals surface area contributed by atoms with Gasteiger partial charge in [-0.25, -0.2) is 0 Å². The number of carbonyl (C=O) groups is 2. The van der Waals surface area contributed by atoms with Crippen LogP contribution < -0.4 is 9.47 Å². The van der Waals surface area contributed by atoms with Gasteiger partial charge in [0.1, 0.15) is 0 Å². The normalized spacial score (nSPS) is 16.2. The summed E-state index contributed by atoms with van der Waals surface area (Å²) < 4.78 is 10.7. The fraction of sp³-hybridized carbons (Fsp3) is 0.333. The van der Waals surface area contributed by atoms with E-state index in [1.165, 1.54) is 18.4 Å². The Bertz CT molecular complexity index is 787. The van der Waals surface area contributed by atoms with Crippen molar-refractivity contribution in [2.75, 3.05) is 20.8 Å². The molecular formula is C18H19NO5S. The number of aliphatic carboxylic acids is 1. The Morgan fingerprint density at radius 3 is 2.60 bits per heavy atom. The van der Waals surface area contributed by atoms with Crippen LogP contribution in [-0.2, 0) is 11.2 Å². The number of ether oxygens (including phenoxy) is 2. The standard InChI is InChI=1S/C18H19NO5S/c1-23-14-8-11-5-6-19(18(22)16-4-3-7-25-16)13(10-17(20)21)12(11)9-15(14)24-2/h3-4,7-9,13H,5-6,10H2,1-2H3,(H,20,21)/t13-/m1/s1. The first-order valence-corrected chi connectivity index (χ1v) is 8.74. The number of nitrogens with zero attached hydrogens (tertiary/aromatic N) is 1. The van der Waals surface area contributed by atoms with Crippen LogP contribution in [0.4, 0.5) is 0 Å². The molecule has 1 aliphatic rings. The van der Waals surface area contributed by atoms with Crippen molar-refractivity contribution in [3.8, 4) is 11.5 Å². The fourth-order valence-corrected chi connectivity index (χ4v) is 3.88. The van der Waals surface area contributed by atoms with Crippen molar-refractivity contribution >= 4 is 23.2 Å². The summed E-state index contributed by atoms with van der Waals surface area (Å²) in [6.45, 7) is 0.469. The van der Waals surface area contributed by atoms with Gasteiger partial charge in [0.15, 0.2) is 11.5 Å². The zero-order chi connectivity index (χ0) is 18.0. The van der Waals surface area contributed by atoms with Crippen LogP contribution in [0.3, 0.4) is 0 Å². The summed E-state index contributed by atoms with van der Waals surface area (Å²) in [5, 5.41) is 11.2. The van der Waals surface area contributed by atoms with E-state index >= 15 is 0 Å². The molecule has 1 aliphatic heterocycles. The molecule has 0 bridgehead atoms. The van der Waals surface area contributed by atoms with Gasteiger partial charge in [-0.1, -0.05) is 6.07 Å². The number of rotatable bonds is 5. The van der Waals surface area contributed by atoms with E-state index in [2.05, 4.69) is 0 Å². The summed E-state index contributed by atoms with van der Waals surface area (Å²) in [6.07, 6.45) is 0.489. The number of hydrogen-bond acceptors (Lipinski definition) is 5. The molecule has 3 rings (SSSR count). The molecular weight excluding hydrogens is 342 g/mol. The maximum absolute atomic E-state index is 12.8. The zero-order valence-corrected chi connectivity index (χ0v) is 14.8. The molecule has 132 valence electrons. The second-order valence-electron chi connectivity index (χ2n) is 5.75.